The van der Waals surface area contributed by atoms with E-state index in [4.69, 9.17) is 5.41 Å². The number of hydrogen-bond donors (Lipinski definition) is 1. The molecule has 1 rings (SSSR count). The van der Waals surface area contributed by atoms with Crippen LogP contribution in [0.2, 0.25) is 0 Å². The molecular weight excluding hydrogens is 180 g/mol. The Bertz CT molecular complexity index is 164. The van der Waals surface area contributed by atoms with Gasteiger partial charge in [0.1, 0.15) is 5.84 Å². The normalized spacial score (nSPS) is 19.1. The summed E-state index contributed by atoms with van der Waals surface area (Å²) in [5.41, 5.74) is 0. The Balaban J connectivity index is 2.16. The van der Waals surface area contributed by atoms with Crippen molar-refractivity contribution in [3.63, 3.8) is 0 Å². The highest BCUT2D eigenvalue weighted by Gasteiger charge is 2.14. The molecule has 1 atom stereocenters. The van der Waals surface area contributed by atoms with Crippen molar-refractivity contribution < 1.29 is 0 Å². The third kappa shape index (κ3) is 3.59. The second-order valence-corrected chi connectivity index (χ2v) is 5.10. The van der Waals surface area contributed by atoms with Gasteiger partial charge >= 0.3 is 0 Å². The van der Waals surface area contributed by atoms with Crippen molar-refractivity contribution in [2.75, 3.05) is 18.8 Å². The zero-order chi connectivity index (χ0) is 9.68. The first-order valence-electron chi connectivity index (χ1n) is 5.18. The van der Waals surface area contributed by atoms with Gasteiger partial charge in [-0.15, -0.1) is 0 Å². The maximum Gasteiger partial charge on any atom is 0.106 e. The predicted octanol–water partition coefficient (Wildman–Crippen LogP) is 2.59. The lowest BCUT2D eigenvalue weighted by Crippen LogP contribution is -2.29. The van der Waals surface area contributed by atoms with E-state index < -0.39 is 0 Å². The summed E-state index contributed by atoms with van der Waals surface area (Å²) in [5, 5.41) is 8.56. The Kier molecular flexibility index (Phi) is 4.64. The van der Waals surface area contributed by atoms with Crippen molar-refractivity contribution in [3.8, 4) is 0 Å². The number of nitrogens with one attached hydrogen (secondary N) is 1. The molecule has 13 heavy (non-hydrogen) atoms. The van der Waals surface area contributed by atoms with Gasteiger partial charge in [-0.2, -0.15) is 11.8 Å². The van der Waals surface area contributed by atoms with Gasteiger partial charge in [-0.1, -0.05) is 13.8 Å². The molecule has 0 radical (unpaired) electrons. The summed E-state index contributed by atoms with van der Waals surface area (Å²) in [4.78, 5) is 2.22. The molecule has 0 aromatic heterocycles. The minimum Gasteiger partial charge on any atom is -0.360 e. The molecule has 0 aliphatic carbocycles. The molecule has 1 N–H and O–H groups in total. The van der Waals surface area contributed by atoms with Crippen LogP contribution >= 0.6 is 11.8 Å². The topological polar surface area (TPSA) is 27.1 Å². The number of rotatable bonds is 4. The van der Waals surface area contributed by atoms with Gasteiger partial charge in [0.2, 0.25) is 0 Å². The van der Waals surface area contributed by atoms with Crippen molar-refractivity contribution in [3.05, 3.63) is 0 Å². The van der Waals surface area contributed by atoms with Crippen molar-refractivity contribution in [2.45, 2.75) is 38.4 Å². The number of hydrogen-bond acceptors (Lipinski definition) is 2. The van der Waals surface area contributed by atoms with Crippen molar-refractivity contribution >= 4 is 17.6 Å². The third-order valence-corrected chi connectivity index (χ3v) is 3.91. The number of amidine groups is 1. The first-order chi connectivity index (χ1) is 6.24. The quantitative estimate of drug-likeness (QED) is 0.558. The van der Waals surface area contributed by atoms with Crippen LogP contribution in [0.1, 0.15) is 33.1 Å². The molecule has 76 valence electrons. The molecule has 0 bridgehead atoms. The number of thioether (sulfide) groups is 1. The van der Waals surface area contributed by atoms with Gasteiger partial charge in [-0.3, -0.25) is 5.41 Å². The van der Waals surface area contributed by atoms with Gasteiger partial charge in [0.15, 0.2) is 0 Å². The highest BCUT2D eigenvalue weighted by atomic mass is 32.2. The Labute approximate surface area is 85.6 Å². The Morgan fingerprint density at radius 1 is 1.46 bits per heavy atom. The summed E-state index contributed by atoms with van der Waals surface area (Å²) in [5.74, 6) is 1.73. The molecule has 0 aromatic rings. The molecule has 0 spiro atoms. The molecule has 1 unspecified atom stereocenters. The van der Waals surface area contributed by atoms with Crippen LogP contribution in [-0.4, -0.2) is 34.8 Å². The fraction of sp³-hybridized carbons (Fsp3) is 0.900. The Morgan fingerprint density at radius 2 is 2.08 bits per heavy atom. The Morgan fingerprint density at radius 3 is 2.62 bits per heavy atom. The molecule has 0 saturated carbocycles. The molecule has 1 heterocycles. The second kappa shape index (κ2) is 5.53. The van der Waals surface area contributed by atoms with E-state index >= 15 is 0 Å². The third-order valence-electron chi connectivity index (χ3n) is 2.57. The average molecular weight is 200 g/mol. The minimum absolute atomic E-state index is 0.697. The summed E-state index contributed by atoms with van der Waals surface area (Å²) in [6, 6.07) is 0. The second-order valence-electron chi connectivity index (χ2n) is 3.67. The molecule has 1 fully saturated rings. The van der Waals surface area contributed by atoms with E-state index in [2.05, 4.69) is 18.7 Å². The first-order valence-corrected chi connectivity index (χ1v) is 6.23. The zero-order valence-corrected chi connectivity index (χ0v) is 9.49. The molecule has 0 aromatic carbocycles. The van der Waals surface area contributed by atoms with E-state index in [9.17, 15) is 0 Å². The minimum atomic E-state index is 0.697. The summed E-state index contributed by atoms with van der Waals surface area (Å²) in [6.45, 7) is 6.67. The SMILES string of the molecule is CCC(C)SCC(=N)N1CCCC1. The van der Waals surface area contributed by atoms with Crippen LogP contribution < -0.4 is 0 Å². The van der Waals surface area contributed by atoms with Crippen LogP contribution in [0.25, 0.3) is 0 Å². The standard InChI is InChI=1S/C10H20N2S/c1-3-9(2)13-8-10(11)12-6-4-5-7-12/h9,11H,3-8H2,1-2H3. The van der Waals surface area contributed by atoms with Crippen LogP contribution in [0.5, 0.6) is 0 Å². The smallest absolute Gasteiger partial charge is 0.106 e. The van der Waals surface area contributed by atoms with Gasteiger partial charge in [0, 0.05) is 18.3 Å². The largest absolute Gasteiger partial charge is 0.360 e. The number of likely N-dealkylation sites (tertiary alicyclic amines) is 1. The van der Waals surface area contributed by atoms with E-state index in [0.29, 0.717) is 5.25 Å². The van der Waals surface area contributed by atoms with Crippen molar-refractivity contribution in [1.82, 2.24) is 4.90 Å². The summed E-state index contributed by atoms with van der Waals surface area (Å²) < 4.78 is 0. The highest BCUT2D eigenvalue weighted by Crippen LogP contribution is 2.16. The van der Waals surface area contributed by atoms with Gasteiger partial charge in [-0.25, -0.2) is 0 Å². The van der Waals surface area contributed by atoms with E-state index in [1.807, 2.05) is 11.8 Å². The fourth-order valence-corrected chi connectivity index (χ4v) is 2.28. The summed E-state index contributed by atoms with van der Waals surface area (Å²) >= 11 is 1.91. The Hall–Kier alpha value is -0.180. The molecule has 1 aliphatic heterocycles. The average Bonchev–Trinajstić information content (AvgIpc) is 2.66. The van der Waals surface area contributed by atoms with Crippen LogP contribution in [0.4, 0.5) is 0 Å². The highest BCUT2D eigenvalue weighted by molar-refractivity contribution is 8.00. The molecule has 2 nitrogen and oxygen atoms in total. The van der Waals surface area contributed by atoms with Gasteiger partial charge in [0.05, 0.1) is 5.75 Å². The first kappa shape index (κ1) is 10.9. The van der Waals surface area contributed by atoms with E-state index in [0.717, 1.165) is 24.7 Å². The molecule has 1 aliphatic rings. The van der Waals surface area contributed by atoms with Gasteiger partial charge in [0.25, 0.3) is 0 Å². The predicted molar refractivity (Wildman–Crippen MR) is 60.7 cm³/mol. The van der Waals surface area contributed by atoms with Crippen LogP contribution in [0, 0.1) is 5.41 Å². The van der Waals surface area contributed by atoms with Crippen LogP contribution in [-0.2, 0) is 0 Å². The lowest BCUT2D eigenvalue weighted by molar-refractivity contribution is 0.514. The molecule has 3 heteroatoms. The maximum atomic E-state index is 7.86. The van der Waals surface area contributed by atoms with Crippen molar-refractivity contribution in [1.29, 1.82) is 5.41 Å². The lowest BCUT2D eigenvalue weighted by atomic mass is 10.4. The van der Waals surface area contributed by atoms with Crippen LogP contribution in [0.15, 0.2) is 0 Å². The molecule has 0 amide bonds. The lowest BCUT2D eigenvalue weighted by Gasteiger charge is -2.19. The zero-order valence-electron chi connectivity index (χ0n) is 8.68. The van der Waals surface area contributed by atoms with E-state index in [-0.39, 0.29) is 0 Å². The monoisotopic (exact) mass is 200 g/mol. The molecule has 1 saturated heterocycles. The fourth-order valence-electron chi connectivity index (χ4n) is 1.42. The van der Waals surface area contributed by atoms with Gasteiger partial charge in [-0.05, 0) is 19.3 Å². The number of nitrogens with zero attached hydrogens (tertiary/aromatic N) is 1. The van der Waals surface area contributed by atoms with E-state index in [1.54, 1.807) is 0 Å². The molecular formula is C10H20N2S. The van der Waals surface area contributed by atoms with Gasteiger partial charge < -0.3 is 4.90 Å². The summed E-state index contributed by atoms with van der Waals surface area (Å²) in [7, 11) is 0. The van der Waals surface area contributed by atoms with Crippen LogP contribution in [0.3, 0.4) is 0 Å². The van der Waals surface area contributed by atoms with E-state index in [1.165, 1.54) is 19.3 Å². The maximum absolute atomic E-state index is 7.86. The van der Waals surface area contributed by atoms with Crippen molar-refractivity contribution in [2.24, 2.45) is 0 Å². The summed E-state index contributed by atoms with van der Waals surface area (Å²) in [6.07, 6.45) is 3.75.